The van der Waals surface area contributed by atoms with Gasteiger partial charge in [0.05, 0.1) is 11.6 Å². The van der Waals surface area contributed by atoms with Crippen molar-refractivity contribution in [2.45, 2.75) is 38.8 Å². The van der Waals surface area contributed by atoms with Crippen molar-refractivity contribution < 1.29 is 9.59 Å². The van der Waals surface area contributed by atoms with Crippen LogP contribution in [0.15, 0.2) is 30.5 Å². The van der Waals surface area contributed by atoms with E-state index in [4.69, 9.17) is 0 Å². The number of carbonyl (C=O) groups is 2. The quantitative estimate of drug-likeness (QED) is 0.875. The minimum atomic E-state index is -0.0490. The summed E-state index contributed by atoms with van der Waals surface area (Å²) in [6.45, 7) is 4.25. The molecule has 0 unspecified atom stereocenters. The third-order valence-electron chi connectivity index (χ3n) is 4.96. The molecular weight excluding hydrogens is 316 g/mol. The van der Waals surface area contributed by atoms with Gasteiger partial charge in [0, 0.05) is 18.9 Å². The highest BCUT2D eigenvalue weighted by molar-refractivity contribution is 5.97. The van der Waals surface area contributed by atoms with Crippen LogP contribution in [-0.2, 0) is 16.1 Å². The third kappa shape index (κ3) is 3.85. The molecular formula is C19H26N4O2. The minimum Gasteiger partial charge on any atom is -0.358 e. The number of aromatic nitrogens is 1. The second-order valence-electron chi connectivity index (χ2n) is 6.52. The van der Waals surface area contributed by atoms with Crippen LogP contribution in [0.4, 0.5) is 5.69 Å². The number of hydrogen-bond donors (Lipinski definition) is 2. The number of hydrogen-bond acceptors (Lipinski definition) is 3. The van der Waals surface area contributed by atoms with E-state index in [1.165, 1.54) is 0 Å². The standard InChI is InChI=1S/C19H26N4O2/c1-3-22-10-5-4-6-16(22)19(25)21-15-8-7-14-9-11-23(17(14)12-15)13-18(24)20-2/h7-9,11-12,16H,3-6,10,13H2,1-2H3,(H,20,24)(H,21,25)/t16-/m0/s1. The van der Waals surface area contributed by atoms with Gasteiger partial charge < -0.3 is 15.2 Å². The van der Waals surface area contributed by atoms with Crippen LogP contribution in [0, 0.1) is 0 Å². The van der Waals surface area contributed by atoms with Crippen molar-refractivity contribution >= 4 is 28.4 Å². The monoisotopic (exact) mass is 342 g/mol. The Labute approximate surface area is 148 Å². The molecule has 6 nitrogen and oxygen atoms in total. The van der Waals surface area contributed by atoms with Gasteiger partial charge in [-0.1, -0.05) is 19.4 Å². The number of amides is 2. The number of anilines is 1. The number of fused-ring (bicyclic) bond motifs is 1. The molecule has 6 heteroatoms. The molecule has 25 heavy (non-hydrogen) atoms. The highest BCUT2D eigenvalue weighted by atomic mass is 16.2. The van der Waals surface area contributed by atoms with Crippen LogP contribution in [0.25, 0.3) is 10.9 Å². The van der Waals surface area contributed by atoms with E-state index in [9.17, 15) is 9.59 Å². The molecule has 1 aromatic heterocycles. The Balaban J connectivity index is 1.78. The molecule has 0 spiro atoms. The minimum absolute atomic E-state index is 0.0484. The van der Waals surface area contributed by atoms with Crippen molar-refractivity contribution in [1.82, 2.24) is 14.8 Å². The zero-order valence-electron chi connectivity index (χ0n) is 14.9. The number of benzene rings is 1. The lowest BCUT2D eigenvalue weighted by Crippen LogP contribution is -2.46. The summed E-state index contributed by atoms with van der Waals surface area (Å²) >= 11 is 0. The first-order chi connectivity index (χ1) is 12.1. The molecule has 2 aromatic rings. The average Bonchev–Trinajstić information content (AvgIpc) is 3.03. The van der Waals surface area contributed by atoms with Crippen molar-refractivity contribution in [1.29, 1.82) is 0 Å². The first-order valence-electron chi connectivity index (χ1n) is 8.96. The number of nitrogens with zero attached hydrogens (tertiary/aromatic N) is 2. The number of rotatable bonds is 5. The summed E-state index contributed by atoms with van der Waals surface area (Å²) in [7, 11) is 1.63. The van der Waals surface area contributed by atoms with Crippen LogP contribution in [0.2, 0.25) is 0 Å². The normalized spacial score (nSPS) is 18.2. The molecule has 2 amide bonds. The van der Waals surface area contributed by atoms with Crippen molar-refractivity contribution in [2.75, 3.05) is 25.5 Å². The fraction of sp³-hybridized carbons (Fsp3) is 0.474. The van der Waals surface area contributed by atoms with Crippen LogP contribution in [0.1, 0.15) is 26.2 Å². The molecule has 1 saturated heterocycles. The van der Waals surface area contributed by atoms with E-state index in [-0.39, 0.29) is 24.4 Å². The molecule has 1 aliphatic heterocycles. The zero-order valence-corrected chi connectivity index (χ0v) is 14.9. The molecule has 1 atom stereocenters. The van der Waals surface area contributed by atoms with Crippen molar-refractivity contribution in [3.8, 4) is 0 Å². The molecule has 2 N–H and O–H groups in total. The lowest BCUT2D eigenvalue weighted by atomic mass is 10.0. The highest BCUT2D eigenvalue weighted by Crippen LogP contribution is 2.22. The Kier molecular flexibility index (Phi) is 5.38. The van der Waals surface area contributed by atoms with E-state index in [1.54, 1.807) is 7.05 Å². The van der Waals surface area contributed by atoms with Gasteiger partial charge >= 0.3 is 0 Å². The molecule has 134 valence electrons. The Morgan fingerprint density at radius 2 is 2.08 bits per heavy atom. The van der Waals surface area contributed by atoms with Gasteiger partial charge in [-0.15, -0.1) is 0 Å². The lowest BCUT2D eigenvalue weighted by molar-refractivity contribution is -0.122. The summed E-state index contributed by atoms with van der Waals surface area (Å²) < 4.78 is 1.89. The van der Waals surface area contributed by atoms with E-state index >= 15 is 0 Å². The maximum atomic E-state index is 12.7. The van der Waals surface area contributed by atoms with Crippen LogP contribution < -0.4 is 10.6 Å². The van der Waals surface area contributed by atoms with Gasteiger partial charge in [0.2, 0.25) is 11.8 Å². The van der Waals surface area contributed by atoms with Gasteiger partial charge in [0.25, 0.3) is 0 Å². The van der Waals surface area contributed by atoms with Gasteiger partial charge in [-0.3, -0.25) is 14.5 Å². The lowest BCUT2D eigenvalue weighted by Gasteiger charge is -2.33. The Morgan fingerprint density at radius 1 is 1.24 bits per heavy atom. The number of carbonyl (C=O) groups excluding carboxylic acids is 2. The topological polar surface area (TPSA) is 66.4 Å². The van der Waals surface area contributed by atoms with Crippen molar-refractivity contribution in [2.24, 2.45) is 0 Å². The fourth-order valence-electron chi connectivity index (χ4n) is 3.53. The van der Waals surface area contributed by atoms with E-state index in [0.717, 1.165) is 48.9 Å². The summed E-state index contributed by atoms with van der Waals surface area (Å²) in [5, 5.41) is 6.74. The van der Waals surface area contributed by atoms with Gasteiger partial charge in [-0.2, -0.15) is 0 Å². The fourth-order valence-corrected chi connectivity index (χ4v) is 3.53. The van der Waals surface area contributed by atoms with Gasteiger partial charge in [0.15, 0.2) is 0 Å². The van der Waals surface area contributed by atoms with Gasteiger partial charge in [-0.25, -0.2) is 0 Å². The second-order valence-corrected chi connectivity index (χ2v) is 6.52. The van der Waals surface area contributed by atoms with Crippen LogP contribution >= 0.6 is 0 Å². The maximum Gasteiger partial charge on any atom is 0.241 e. The van der Waals surface area contributed by atoms with Crippen LogP contribution in [0.3, 0.4) is 0 Å². The largest absolute Gasteiger partial charge is 0.358 e. The Hall–Kier alpha value is -2.34. The molecule has 2 heterocycles. The first kappa shape index (κ1) is 17.5. The van der Waals surface area contributed by atoms with Gasteiger partial charge in [0.1, 0.15) is 6.54 Å². The number of likely N-dealkylation sites (tertiary alicyclic amines) is 1. The average molecular weight is 342 g/mol. The summed E-state index contributed by atoms with van der Waals surface area (Å²) in [5.74, 6) is 0.0121. The van der Waals surface area contributed by atoms with Crippen molar-refractivity contribution in [3.05, 3.63) is 30.5 Å². The number of nitrogens with one attached hydrogen (secondary N) is 2. The SMILES string of the molecule is CCN1CCCC[C@H]1C(=O)Nc1ccc2ccn(CC(=O)NC)c2c1. The first-order valence-corrected chi connectivity index (χ1v) is 8.96. The zero-order chi connectivity index (χ0) is 17.8. The predicted octanol–water partition coefficient (Wildman–Crippen LogP) is 2.20. The van der Waals surface area contributed by atoms with Crippen LogP contribution in [0.5, 0.6) is 0 Å². The third-order valence-corrected chi connectivity index (χ3v) is 4.96. The molecule has 1 fully saturated rings. The van der Waals surface area contributed by atoms with E-state index in [1.807, 2.05) is 35.0 Å². The smallest absolute Gasteiger partial charge is 0.241 e. The highest BCUT2D eigenvalue weighted by Gasteiger charge is 2.27. The van der Waals surface area contributed by atoms with Gasteiger partial charge in [-0.05, 0) is 49.5 Å². The Morgan fingerprint density at radius 3 is 2.84 bits per heavy atom. The van der Waals surface area contributed by atoms with Crippen molar-refractivity contribution in [3.63, 3.8) is 0 Å². The molecule has 0 radical (unpaired) electrons. The van der Waals surface area contributed by atoms with E-state index in [2.05, 4.69) is 22.5 Å². The van der Waals surface area contributed by atoms with E-state index < -0.39 is 0 Å². The van der Waals surface area contributed by atoms with E-state index in [0.29, 0.717) is 0 Å². The number of piperidine rings is 1. The molecule has 0 bridgehead atoms. The molecule has 1 aromatic carbocycles. The molecule has 0 aliphatic carbocycles. The second kappa shape index (κ2) is 7.70. The summed E-state index contributed by atoms with van der Waals surface area (Å²) in [6.07, 6.45) is 5.07. The summed E-state index contributed by atoms with van der Waals surface area (Å²) in [5.41, 5.74) is 1.72. The summed E-state index contributed by atoms with van der Waals surface area (Å²) in [4.78, 5) is 26.6. The molecule has 0 saturated carbocycles. The summed E-state index contributed by atoms with van der Waals surface area (Å²) in [6, 6.07) is 7.76. The van der Waals surface area contributed by atoms with Crippen LogP contribution in [-0.4, -0.2) is 47.5 Å². The molecule has 1 aliphatic rings. The predicted molar refractivity (Wildman–Crippen MR) is 99.5 cm³/mol. The maximum absolute atomic E-state index is 12.7. The molecule has 3 rings (SSSR count). The number of likely N-dealkylation sites (N-methyl/N-ethyl adjacent to an activating group) is 2. The Bertz CT molecular complexity index is 768.